The Morgan fingerprint density at radius 1 is 1.40 bits per heavy atom. The smallest absolute Gasteiger partial charge is 0.264 e. The first-order valence-corrected chi connectivity index (χ1v) is 8.69. The lowest BCUT2D eigenvalue weighted by Gasteiger charge is -2.07. The summed E-state index contributed by atoms with van der Waals surface area (Å²) >= 11 is 1.44. The normalized spacial score (nSPS) is 11.7. The molecule has 2 rings (SSSR count). The van der Waals surface area contributed by atoms with Gasteiger partial charge in [-0.3, -0.25) is 9.40 Å². The van der Waals surface area contributed by atoms with Crippen LogP contribution < -0.4 is 10.0 Å². The van der Waals surface area contributed by atoms with E-state index in [1.807, 2.05) is 0 Å². The molecule has 0 bridgehead atoms. The van der Waals surface area contributed by atoms with Crippen molar-refractivity contribution in [1.29, 1.82) is 0 Å². The van der Waals surface area contributed by atoms with Crippen molar-refractivity contribution in [2.75, 3.05) is 11.3 Å². The summed E-state index contributed by atoms with van der Waals surface area (Å²) in [7, 11) is -1.84. The summed E-state index contributed by atoms with van der Waals surface area (Å²) in [4.78, 5) is 1.12. The minimum absolute atomic E-state index is 0.316. The van der Waals surface area contributed by atoms with Gasteiger partial charge in [-0.2, -0.15) is 5.10 Å². The molecule has 6 nitrogen and oxygen atoms in total. The first-order chi connectivity index (χ1) is 9.53. The van der Waals surface area contributed by atoms with Crippen LogP contribution >= 0.6 is 11.3 Å². The van der Waals surface area contributed by atoms with Crippen molar-refractivity contribution in [3.63, 3.8) is 0 Å². The molecule has 2 N–H and O–H groups in total. The van der Waals surface area contributed by atoms with Gasteiger partial charge in [0.05, 0.1) is 0 Å². The van der Waals surface area contributed by atoms with E-state index in [0.717, 1.165) is 17.8 Å². The number of hydrogen-bond donors (Lipinski definition) is 2. The molecule has 2 heterocycles. The van der Waals surface area contributed by atoms with Crippen molar-refractivity contribution in [2.24, 2.45) is 7.05 Å². The van der Waals surface area contributed by atoms with Crippen LogP contribution in [0.3, 0.4) is 0 Å². The fourth-order valence-corrected chi connectivity index (χ4v) is 4.15. The lowest BCUT2D eigenvalue weighted by molar-refractivity contribution is 0.598. The third-order valence-corrected chi connectivity index (χ3v) is 5.15. The molecule has 0 aliphatic heterocycles. The fraction of sp³-hybridized carbons (Fsp3) is 0.417. The summed E-state index contributed by atoms with van der Waals surface area (Å²) in [5.41, 5.74) is 0. The number of aryl methyl sites for hydroxylation is 1. The third-order valence-electron chi connectivity index (χ3n) is 2.66. The Morgan fingerprint density at radius 3 is 2.85 bits per heavy atom. The van der Waals surface area contributed by atoms with Gasteiger partial charge in [0.15, 0.2) is 5.82 Å². The monoisotopic (exact) mass is 314 g/mol. The molecule has 110 valence electrons. The van der Waals surface area contributed by atoms with Gasteiger partial charge in [0.1, 0.15) is 4.90 Å². The average Bonchev–Trinajstić information content (AvgIpc) is 2.99. The summed E-state index contributed by atoms with van der Waals surface area (Å²) in [5.74, 6) is 0.325. The van der Waals surface area contributed by atoms with E-state index in [4.69, 9.17) is 0 Å². The Labute approximate surface area is 122 Å². The molecule has 2 aromatic rings. The third kappa shape index (κ3) is 3.59. The number of aromatic nitrogens is 2. The van der Waals surface area contributed by atoms with Crippen LogP contribution in [0.25, 0.3) is 0 Å². The van der Waals surface area contributed by atoms with Crippen LogP contribution in [0.5, 0.6) is 0 Å². The quantitative estimate of drug-likeness (QED) is 0.764. The highest BCUT2D eigenvalue weighted by Crippen LogP contribution is 2.23. The van der Waals surface area contributed by atoms with Crippen LogP contribution in [-0.4, -0.2) is 24.7 Å². The standard InChI is InChI=1S/C12H18N4O2S2/c1-3-6-13-9-10-11(5-8-19-10)20(17,18)15-12-4-7-16(2)14-12/h4-5,7-8,13H,3,6,9H2,1-2H3,(H,14,15). The van der Waals surface area contributed by atoms with Crippen molar-refractivity contribution >= 4 is 27.2 Å². The first-order valence-electron chi connectivity index (χ1n) is 6.32. The average molecular weight is 314 g/mol. The summed E-state index contributed by atoms with van der Waals surface area (Å²) in [5, 5.41) is 9.03. The molecular formula is C12H18N4O2S2. The van der Waals surface area contributed by atoms with E-state index in [1.165, 1.54) is 11.3 Å². The van der Waals surface area contributed by atoms with Crippen molar-refractivity contribution in [3.8, 4) is 0 Å². The van der Waals surface area contributed by atoms with Gasteiger partial charge in [0.25, 0.3) is 10.0 Å². The Hall–Kier alpha value is -1.38. The molecule has 20 heavy (non-hydrogen) atoms. The van der Waals surface area contributed by atoms with Crippen LogP contribution in [0.1, 0.15) is 18.2 Å². The zero-order chi connectivity index (χ0) is 14.6. The zero-order valence-electron chi connectivity index (χ0n) is 11.5. The van der Waals surface area contributed by atoms with Gasteiger partial charge < -0.3 is 5.32 Å². The number of rotatable bonds is 7. The Bertz CT molecular complexity index is 661. The minimum atomic E-state index is -3.58. The van der Waals surface area contributed by atoms with E-state index in [-0.39, 0.29) is 0 Å². The highest BCUT2D eigenvalue weighted by molar-refractivity contribution is 7.92. The Kier molecular flexibility index (Phi) is 4.79. The second-order valence-corrected chi connectivity index (χ2v) is 7.02. The number of nitrogens with one attached hydrogen (secondary N) is 2. The van der Waals surface area contributed by atoms with E-state index in [9.17, 15) is 8.42 Å². The lowest BCUT2D eigenvalue weighted by Crippen LogP contribution is -2.18. The van der Waals surface area contributed by atoms with Crippen LogP contribution in [-0.2, 0) is 23.6 Å². The number of thiophene rings is 1. The van der Waals surface area contributed by atoms with E-state index < -0.39 is 10.0 Å². The van der Waals surface area contributed by atoms with Gasteiger partial charge in [0.2, 0.25) is 0 Å². The number of anilines is 1. The molecule has 0 saturated heterocycles. The first kappa shape index (κ1) is 15.0. The second-order valence-electron chi connectivity index (χ2n) is 4.36. The van der Waals surface area contributed by atoms with Crippen molar-refractivity contribution in [1.82, 2.24) is 15.1 Å². The summed E-state index contributed by atoms with van der Waals surface area (Å²) in [6.45, 7) is 3.50. The maximum absolute atomic E-state index is 12.3. The molecule has 0 fully saturated rings. The van der Waals surface area contributed by atoms with Gasteiger partial charge in [-0.25, -0.2) is 8.42 Å². The van der Waals surface area contributed by atoms with Gasteiger partial charge in [0, 0.05) is 30.7 Å². The van der Waals surface area contributed by atoms with E-state index >= 15 is 0 Å². The maximum atomic E-state index is 12.3. The van der Waals surface area contributed by atoms with Gasteiger partial charge in [-0.1, -0.05) is 6.92 Å². The number of nitrogens with zero attached hydrogens (tertiary/aromatic N) is 2. The molecule has 0 radical (unpaired) electrons. The minimum Gasteiger partial charge on any atom is -0.312 e. The molecule has 0 aliphatic rings. The SMILES string of the molecule is CCCNCc1sccc1S(=O)(=O)Nc1ccn(C)n1. The van der Waals surface area contributed by atoms with Crippen LogP contribution in [0.4, 0.5) is 5.82 Å². The highest BCUT2D eigenvalue weighted by atomic mass is 32.2. The molecule has 8 heteroatoms. The molecule has 0 aliphatic carbocycles. The predicted octanol–water partition coefficient (Wildman–Crippen LogP) is 1.78. The van der Waals surface area contributed by atoms with Crippen LogP contribution in [0.15, 0.2) is 28.6 Å². The highest BCUT2D eigenvalue weighted by Gasteiger charge is 2.20. The molecule has 0 amide bonds. The van der Waals surface area contributed by atoms with E-state index in [2.05, 4.69) is 22.1 Å². The fourth-order valence-electron chi connectivity index (χ4n) is 1.74. The molecule has 0 spiro atoms. The summed E-state index contributed by atoms with van der Waals surface area (Å²) < 4.78 is 28.7. The maximum Gasteiger partial charge on any atom is 0.264 e. The predicted molar refractivity (Wildman–Crippen MR) is 80.3 cm³/mol. The molecule has 0 unspecified atom stereocenters. The van der Waals surface area contributed by atoms with E-state index in [0.29, 0.717) is 17.3 Å². The molecule has 0 atom stereocenters. The second kappa shape index (κ2) is 6.38. The largest absolute Gasteiger partial charge is 0.312 e. The molecular weight excluding hydrogens is 296 g/mol. The van der Waals surface area contributed by atoms with Crippen LogP contribution in [0, 0.1) is 0 Å². The Morgan fingerprint density at radius 2 is 2.20 bits per heavy atom. The summed E-state index contributed by atoms with van der Waals surface area (Å²) in [6, 6.07) is 3.25. The molecule has 2 aromatic heterocycles. The summed E-state index contributed by atoms with van der Waals surface area (Å²) in [6.07, 6.45) is 2.70. The zero-order valence-corrected chi connectivity index (χ0v) is 13.1. The molecule has 0 saturated carbocycles. The van der Waals surface area contributed by atoms with Gasteiger partial charge >= 0.3 is 0 Å². The van der Waals surface area contributed by atoms with E-state index in [1.54, 1.807) is 35.4 Å². The van der Waals surface area contributed by atoms with Crippen LogP contribution in [0.2, 0.25) is 0 Å². The number of sulfonamides is 1. The molecule has 0 aromatic carbocycles. The van der Waals surface area contributed by atoms with Crippen molar-refractivity contribution in [2.45, 2.75) is 24.8 Å². The lowest BCUT2D eigenvalue weighted by atomic mass is 10.4. The van der Waals surface area contributed by atoms with Crippen molar-refractivity contribution < 1.29 is 8.42 Å². The topological polar surface area (TPSA) is 76.0 Å². The number of hydrogen-bond acceptors (Lipinski definition) is 5. The Balaban J connectivity index is 2.15. The van der Waals surface area contributed by atoms with Gasteiger partial charge in [-0.05, 0) is 24.4 Å². The van der Waals surface area contributed by atoms with Crippen molar-refractivity contribution in [3.05, 3.63) is 28.6 Å². The van der Waals surface area contributed by atoms with Gasteiger partial charge in [-0.15, -0.1) is 11.3 Å².